The molecule has 20 heavy (non-hydrogen) atoms. The lowest BCUT2D eigenvalue weighted by molar-refractivity contribution is 0.302. The fourth-order valence-electron chi connectivity index (χ4n) is 4.06. The van der Waals surface area contributed by atoms with Crippen molar-refractivity contribution in [1.29, 1.82) is 0 Å². The lowest BCUT2D eigenvalue weighted by Gasteiger charge is -2.36. The van der Waals surface area contributed by atoms with Crippen LogP contribution in [0.4, 0.5) is 0 Å². The van der Waals surface area contributed by atoms with Crippen LogP contribution < -0.4 is 5.32 Å². The molecule has 0 amide bonds. The first-order valence-electron chi connectivity index (χ1n) is 7.33. The van der Waals surface area contributed by atoms with E-state index in [0.29, 0.717) is 25.7 Å². The third-order valence-corrected chi connectivity index (χ3v) is 8.54. The van der Waals surface area contributed by atoms with Crippen LogP contribution in [-0.2, 0) is 9.13 Å². The molecule has 0 aromatic rings. The summed E-state index contributed by atoms with van der Waals surface area (Å²) in [5.74, 6) is 0.220. The molecule has 6 nitrogen and oxygen atoms in total. The zero-order valence-electron chi connectivity index (χ0n) is 11.8. The Morgan fingerprint density at radius 3 is 2.65 bits per heavy atom. The van der Waals surface area contributed by atoms with Crippen molar-refractivity contribution in [3.63, 3.8) is 0 Å². The van der Waals surface area contributed by atoms with Gasteiger partial charge in [0.2, 0.25) is 0 Å². The van der Waals surface area contributed by atoms with E-state index in [-0.39, 0.29) is 12.0 Å². The zero-order chi connectivity index (χ0) is 15.0. The maximum absolute atomic E-state index is 12.2. The summed E-state index contributed by atoms with van der Waals surface area (Å²) in [4.78, 5) is 29.5. The summed E-state index contributed by atoms with van der Waals surface area (Å²) in [6.07, 6.45) is 3.71. The molecule has 0 radical (unpaired) electrons. The second-order valence-corrected chi connectivity index (χ2v) is 9.55. The van der Waals surface area contributed by atoms with Gasteiger partial charge in [0.1, 0.15) is 0 Å². The number of rotatable bonds is 5. The number of nitrogens with one attached hydrogen (secondary N) is 1. The molecule has 0 bridgehead atoms. The molecule has 8 heteroatoms. The van der Waals surface area contributed by atoms with Gasteiger partial charge in [-0.25, -0.2) is 0 Å². The molecule has 2 fully saturated rings. The molecule has 0 spiro atoms. The Kier molecular flexibility index (Phi) is 5.16. The molecule has 1 aliphatic carbocycles. The molecule has 0 aromatic heterocycles. The van der Waals surface area contributed by atoms with Crippen LogP contribution in [0.15, 0.2) is 0 Å². The number of piperidine rings is 1. The average molecular weight is 325 g/mol. The minimum Gasteiger partial charge on any atom is -0.346 e. The summed E-state index contributed by atoms with van der Waals surface area (Å²) in [7, 11) is -7.40. The molecule has 0 aromatic carbocycles. The van der Waals surface area contributed by atoms with Gasteiger partial charge in [0, 0.05) is 6.04 Å². The molecule has 2 rings (SSSR count). The lowest BCUT2D eigenvalue weighted by atomic mass is 9.93. The largest absolute Gasteiger partial charge is 0.346 e. The minimum absolute atomic E-state index is 0.0806. The predicted molar refractivity (Wildman–Crippen MR) is 78.4 cm³/mol. The predicted octanol–water partition coefficient (Wildman–Crippen LogP) is 1.70. The van der Waals surface area contributed by atoms with E-state index in [1.807, 2.05) is 6.92 Å². The quantitative estimate of drug-likeness (QED) is 0.573. The lowest BCUT2D eigenvalue weighted by Crippen LogP contribution is -2.41. The molecule has 2 aliphatic rings. The molecule has 5 atom stereocenters. The van der Waals surface area contributed by atoms with Crippen LogP contribution in [0, 0.1) is 5.92 Å². The smallest absolute Gasteiger partial charge is 0.332 e. The Labute approximate surface area is 120 Å². The van der Waals surface area contributed by atoms with Crippen molar-refractivity contribution in [1.82, 2.24) is 5.32 Å². The van der Waals surface area contributed by atoms with Gasteiger partial charge in [0.25, 0.3) is 0 Å². The van der Waals surface area contributed by atoms with Gasteiger partial charge in [-0.05, 0) is 44.6 Å². The van der Waals surface area contributed by atoms with E-state index in [4.69, 9.17) is 0 Å². The first-order chi connectivity index (χ1) is 9.32. The fraction of sp³-hybridized carbons (Fsp3) is 1.00. The Hall–Kier alpha value is 0.300. The SMILES string of the molecule is CCCC([PH](=O)O)C1(P(=O)(O)O)CC2CCCNC2C1. The first kappa shape index (κ1) is 16.7. The van der Waals surface area contributed by atoms with Crippen molar-refractivity contribution in [2.24, 2.45) is 5.92 Å². The van der Waals surface area contributed by atoms with E-state index < -0.39 is 26.4 Å². The molecule has 1 aliphatic heterocycles. The summed E-state index contributed by atoms with van der Waals surface area (Å²) in [5, 5.41) is 2.02. The van der Waals surface area contributed by atoms with E-state index in [2.05, 4.69) is 5.32 Å². The van der Waals surface area contributed by atoms with Crippen LogP contribution in [0.25, 0.3) is 0 Å². The Morgan fingerprint density at radius 1 is 1.45 bits per heavy atom. The van der Waals surface area contributed by atoms with Gasteiger partial charge in [0.05, 0.1) is 10.8 Å². The highest BCUT2D eigenvalue weighted by molar-refractivity contribution is 7.55. The Morgan fingerprint density at radius 2 is 2.15 bits per heavy atom. The maximum Gasteiger partial charge on any atom is 0.332 e. The van der Waals surface area contributed by atoms with Gasteiger partial charge in [0.15, 0.2) is 8.03 Å². The summed E-state index contributed by atoms with van der Waals surface area (Å²) < 4.78 is 23.9. The van der Waals surface area contributed by atoms with Crippen molar-refractivity contribution < 1.29 is 23.8 Å². The average Bonchev–Trinajstić information content (AvgIpc) is 2.75. The summed E-state index contributed by atoms with van der Waals surface area (Å²) in [6.45, 7) is 2.75. The van der Waals surface area contributed by atoms with Crippen LogP contribution in [-0.4, -0.2) is 38.1 Å². The van der Waals surface area contributed by atoms with E-state index in [1.165, 1.54) is 0 Å². The van der Waals surface area contributed by atoms with Crippen LogP contribution in [0.1, 0.15) is 45.4 Å². The van der Waals surface area contributed by atoms with E-state index >= 15 is 0 Å². The van der Waals surface area contributed by atoms with Gasteiger partial charge < -0.3 is 20.0 Å². The third kappa shape index (κ3) is 2.92. The topological polar surface area (TPSA) is 107 Å². The van der Waals surface area contributed by atoms with Crippen LogP contribution in [0.3, 0.4) is 0 Å². The van der Waals surface area contributed by atoms with Gasteiger partial charge in [-0.3, -0.25) is 9.13 Å². The van der Waals surface area contributed by atoms with Gasteiger partial charge >= 0.3 is 7.60 Å². The summed E-state index contributed by atoms with van der Waals surface area (Å²) >= 11 is 0. The Balaban J connectivity index is 2.37. The normalized spacial score (nSPS) is 37.4. The van der Waals surface area contributed by atoms with Crippen molar-refractivity contribution in [2.75, 3.05) is 6.54 Å². The number of hydrogen-bond acceptors (Lipinski definition) is 3. The van der Waals surface area contributed by atoms with Crippen molar-refractivity contribution >= 4 is 15.6 Å². The second-order valence-electron chi connectivity index (χ2n) is 6.20. The molecule has 4 N–H and O–H groups in total. The molecule has 1 saturated carbocycles. The van der Waals surface area contributed by atoms with Crippen molar-refractivity contribution in [3.8, 4) is 0 Å². The highest BCUT2D eigenvalue weighted by Gasteiger charge is 2.60. The standard InChI is InChI=1S/C12H25NO5P2/c1-2-4-11(19(14)15)12(20(16,17)18)7-9-5-3-6-13-10(9)8-12/h9-11,13,19H,2-8H2,1H3,(H,14,15)(H2,16,17,18). The van der Waals surface area contributed by atoms with E-state index in [0.717, 1.165) is 19.4 Å². The molecule has 1 heterocycles. The molecule has 1 saturated heterocycles. The van der Waals surface area contributed by atoms with Crippen LogP contribution in [0.2, 0.25) is 0 Å². The fourth-order valence-corrected chi connectivity index (χ4v) is 7.57. The molecular formula is C12H25NO5P2. The van der Waals surface area contributed by atoms with Crippen molar-refractivity contribution in [3.05, 3.63) is 0 Å². The monoisotopic (exact) mass is 325 g/mol. The summed E-state index contributed by atoms with van der Waals surface area (Å²) in [6, 6.07) is 0.0806. The highest BCUT2D eigenvalue weighted by atomic mass is 31.2. The van der Waals surface area contributed by atoms with Gasteiger partial charge in [-0.1, -0.05) is 13.3 Å². The van der Waals surface area contributed by atoms with Gasteiger partial charge in [-0.2, -0.15) is 0 Å². The number of fused-ring (bicyclic) bond motifs is 1. The van der Waals surface area contributed by atoms with Crippen molar-refractivity contribution in [2.45, 2.75) is 62.3 Å². The van der Waals surface area contributed by atoms with E-state index in [9.17, 15) is 23.8 Å². The highest BCUT2D eigenvalue weighted by Crippen LogP contribution is 2.66. The molecule has 5 unspecified atom stereocenters. The zero-order valence-corrected chi connectivity index (χ0v) is 13.7. The first-order valence-corrected chi connectivity index (χ1v) is 10.4. The third-order valence-electron chi connectivity index (χ3n) is 5.02. The molecular weight excluding hydrogens is 300 g/mol. The van der Waals surface area contributed by atoms with E-state index in [1.54, 1.807) is 0 Å². The second kappa shape index (κ2) is 6.20. The number of hydrogen-bond donors (Lipinski definition) is 4. The maximum atomic E-state index is 12.2. The Bertz CT molecular complexity index is 410. The van der Waals surface area contributed by atoms with Gasteiger partial charge in [-0.15, -0.1) is 0 Å². The van der Waals surface area contributed by atoms with Crippen LogP contribution in [0.5, 0.6) is 0 Å². The minimum atomic E-state index is -4.43. The molecule has 118 valence electrons. The summed E-state index contributed by atoms with van der Waals surface area (Å²) in [5.41, 5.74) is -0.772. The van der Waals surface area contributed by atoms with Crippen LogP contribution >= 0.6 is 15.6 Å².